The molecule has 1 spiro atoms. The number of benzene rings is 1. The maximum absolute atomic E-state index is 13.1. The zero-order valence-corrected chi connectivity index (χ0v) is 14.3. The van der Waals surface area contributed by atoms with Gasteiger partial charge >= 0.3 is 0 Å². The van der Waals surface area contributed by atoms with E-state index in [9.17, 15) is 9.59 Å². The third-order valence-electron chi connectivity index (χ3n) is 5.24. The summed E-state index contributed by atoms with van der Waals surface area (Å²) in [7, 11) is 1.74. The second kappa shape index (κ2) is 5.98. The van der Waals surface area contributed by atoms with Gasteiger partial charge in [0.2, 0.25) is 11.7 Å². The van der Waals surface area contributed by atoms with Crippen LogP contribution in [0, 0.1) is 5.41 Å². The lowest BCUT2D eigenvalue weighted by molar-refractivity contribution is -0.127. The SMILES string of the molecule is Cn1cnc(C(=O)N2CCCC3(CCN(c4ccccc4)C3=O)C2)n1. The predicted molar refractivity (Wildman–Crippen MR) is 92.0 cm³/mol. The second-order valence-electron chi connectivity index (χ2n) is 6.89. The molecule has 0 saturated carbocycles. The third-order valence-corrected chi connectivity index (χ3v) is 5.24. The van der Waals surface area contributed by atoms with Gasteiger partial charge in [-0.1, -0.05) is 18.2 Å². The van der Waals surface area contributed by atoms with Crippen LogP contribution in [-0.2, 0) is 11.8 Å². The molecule has 130 valence electrons. The van der Waals surface area contributed by atoms with Crippen molar-refractivity contribution in [3.63, 3.8) is 0 Å². The van der Waals surface area contributed by atoms with Crippen molar-refractivity contribution in [3.8, 4) is 0 Å². The Morgan fingerprint density at radius 2 is 1.96 bits per heavy atom. The Morgan fingerprint density at radius 1 is 1.16 bits per heavy atom. The average Bonchev–Trinajstić information content (AvgIpc) is 3.20. The molecular weight excluding hydrogens is 318 g/mol. The fourth-order valence-electron chi connectivity index (χ4n) is 3.94. The van der Waals surface area contributed by atoms with Crippen LogP contribution in [0.15, 0.2) is 36.7 Å². The minimum absolute atomic E-state index is 0.130. The van der Waals surface area contributed by atoms with Gasteiger partial charge in [0.25, 0.3) is 5.91 Å². The molecule has 7 nitrogen and oxygen atoms in total. The Balaban J connectivity index is 1.54. The summed E-state index contributed by atoms with van der Waals surface area (Å²) in [5, 5.41) is 4.10. The predicted octanol–water partition coefficient (Wildman–Crippen LogP) is 1.47. The monoisotopic (exact) mass is 339 g/mol. The number of rotatable bonds is 2. The number of aromatic nitrogens is 3. The summed E-state index contributed by atoms with van der Waals surface area (Å²) in [6.07, 6.45) is 3.95. The number of anilines is 1. The Kier molecular flexibility index (Phi) is 3.78. The van der Waals surface area contributed by atoms with Crippen LogP contribution < -0.4 is 4.90 Å². The van der Waals surface area contributed by atoms with Crippen molar-refractivity contribution in [1.82, 2.24) is 19.7 Å². The van der Waals surface area contributed by atoms with E-state index >= 15 is 0 Å². The molecule has 2 saturated heterocycles. The molecule has 0 radical (unpaired) electrons. The number of likely N-dealkylation sites (tertiary alicyclic amines) is 1. The largest absolute Gasteiger partial charge is 0.335 e. The van der Waals surface area contributed by atoms with E-state index in [4.69, 9.17) is 0 Å². The molecule has 2 aliphatic heterocycles. The molecule has 7 heteroatoms. The van der Waals surface area contributed by atoms with Gasteiger partial charge < -0.3 is 9.80 Å². The highest BCUT2D eigenvalue weighted by atomic mass is 16.2. The Bertz CT molecular complexity index is 803. The van der Waals surface area contributed by atoms with Gasteiger partial charge in [-0.15, -0.1) is 5.10 Å². The van der Waals surface area contributed by atoms with Crippen LogP contribution in [0.2, 0.25) is 0 Å². The van der Waals surface area contributed by atoms with Crippen LogP contribution in [0.5, 0.6) is 0 Å². The van der Waals surface area contributed by atoms with Gasteiger partial charge in [-0.05, 0) is 31.4 Å². The molecular formula is C18H21N5O2. The fourth-order valence-corrected chi connectivity index (χ4v) is 3.94. The van der Waals surface area contributed by atoms with Crippen LogP contribution in [0.3, 0.4) is 0 Å². The number of hydrogen-bond acceptors (Lipinski definition) is 4. The number of hydrogen-bond donors (Lipinski definition) is 0. The van der Waals surface area contributed by atoms with Gasteiger partial charge in [0.15, 0.2) is 0 Å². The first kappa shape index (κ1) is 15.8. The summed E-state index contributed by atoms with van der Waals surface area (Å²) in [6.45, 7) is 1.80. The number of carbonyl (C=O) groups is 2. The maximum atomic E-state index is 13.1. The van der Waals surface area contributed by atoms with E-state index in [1.54, 1.807) is 11.9 Å². The van der Waals surface area contributed by atoms with Crippen molar-refractivity contribution >= 4 is 17.5 Å². The van der Waals surface area contributed by atoms with Crippen molar-refractivity contribution in [2.45, 2.75) is 19.3 Å². The summed E-state index contributed by atoms with van der Waals surface area (Å²) in [5.74, 6) is 0.140. The summed E-state index contributed by atoms with van der Waals surface area (Å²) in [4.78, 5) is 33.5. The Hall–Kier alpha value is -2.70. The number of aryl methyl sites for hydroxylation is 1. The number of amides is 2. The van der Waals surface area contributed by atoms with E-state index in [-0.39, 0.29) is 17.6 Å². The molecule has 0 bridgehead atoms. The van der Waals surface area contributed by atoms with Crippen LogP contribution >= 0.6 is 0 Å². The molecule has 1 unspecified atom stereocenters. The van der Waals surface area contributed by atoms with E-state index in [1.807, 2.05) is 35.2 Å². The van der Waals surface area contributed by atoms with E-state index in [0.717, 1.165) is 24.9 Å². The van der Waals surface area contributed by atoms with Crippen molar-refractivity contribution in [2.75, 3.05) is 24.5 Å². The molecule has 3 heterocycles. The van der Waals surface area contributed by atoms with Crippen LogP contribution in [-0.4, -0.2) is 51.1 Å². The lowest BCUT2D eigenvalue weighted by atomic mass is 9.78. The molecule has 1 atom stereocenters. The van der Waals surface area contributed by atoms with E-state index in [2.05, 4.69) is 10.1 Å². The van der Waals surface area contributed by atoms with Crippen molar-refractivity contribution in [3.05, 3.63) is 42.5 Å². The first-order chi connectivity index (χ1) is 12.1. The van der Waals surface area contributed by atoms with E-state index in [1.165, 1.54) is 11.0 Å². The molecule has 2 amide bonds. The Labute approximate surface area is 146 Å². The summed E-state index contributed by atoms with van der Waals surface area (Å²) in [5.41, 5.74) is 0.456. The molecule has 4 rings (SSSR count). The molecule has 1 aromatic heterocycles. The zero-order valence-electron chi connectivity index (χ0n) is 14.3. The van der Waals surface area contributed by atoms with Gasteiger partial charge in [0.1, 0.15) is 6.33 Å². The number of para-hydroxylation sites is 1. The summed E-state index contributed by atoms with van der Waals surface area (Å²) in [6, 6.07) is 9.75. The van der Waals surface area contributed by atoms with Crippen LogP contribution in [0.4, 0.5) is 5.69 Å². The average molecular weight is 339 g/mol. The highest BCUT2D eigenvalue weighted by Gasteiger charge is 2.50. The fraction of sp³-hybridized carbons (Fsp3) is 0.444. The molecule has 2 aliphatic rings. The minimum Gasteiger partial charge on any atom is -0.335 e. The van der Waals surface area contributed by atoms with Gasteiger partial charge in [0.05, 0.1) is 5.41 Å². The zero-order chi connectivity index (χ0) is 17.4. The minimum atomic E-state index is -0.474. The maximum Gasteiger partial charge on any atom is 0.293 e. The molecule has 2 fully saturated rings. The molecule has 2 aromatic rings. The molecule has 0 aliphatic carbocycles. The van der Waals surface area contributed by atoms with Crippen LogP contribution in [0.1, 0.15) is 29.9 Å². The first-order valence-corrected chi connectivity index (χ1v) is 8.61. The lowest BCUT2D eigenvalue weighted by Gasteiger charge is -2.38. The topological polar surface area (TPSA) is 71.3 Å². The Morgan fingerprint density at radius 3 is 2.68 bits per heavy atom. The van der Waals surface area contributed by atoms with Gasteiger partial charge in [0, 0.05) is 32.4 Å². The standard InChI is InChI=1S/C18H21N5O2/c1-21-13-19-15(20-21)16(24)22-10-5-8-18(12-22)9-11-23(17(18)25)14-6-3-2-4-7-14/h2-4,6-7,13H,5,8-12H2,1H3. The molecule has 25 heavy (non-hydrogen) atoms. The van der Waals surface area contributed by atoms with Gasteiger partial charge in [-0.2, -0.15) is 0 Å². The van der Waals surface area contributed by atoms with Crippen molar-refractivity contribution in [1.29, 1.82) is 0 Å². The quantitative estimate of drug-likeness (QED) is 0.831. The smallest absolute Gasteiger partial charge is 0.293 e. The highest BCUT2D eigenvalue weighted by molar-refractivity contribution is 6.00. The van der Waals surface area contributed by atoms with Gasteiger partial charge in [-0.3, -0.25) is 14.3 Å². The lowest BCUT2D eigenvalue weighted by Crippen LogP contribution is -2.50. The highest BCUT2D eigenvalue weighted by Crippen LogP contribution is 2.41. The number of nitrogens with zero attached hydrogens (tertiary/aromatic N) is 5. The second-order valence-corrected chi connectivity index (χ2v) is 6.89. The van der Waals surface area contributed by atoms with Crippen molar-refractivity contribution < 1.29 is 9.59 Å². The van der Waals surface area contributed by atoms with Gasteiger partial charge in [-0.25, -0.2) is 4.98 Å². The van der Waals surface area contributed by atoms with E-state index in [0.29, 0.717) is 19.6 Å². The molecule has 0 N–H and O–H groups in total. The normalized spacial score (nSPS) is 23.5. The van der Waals surface area contributed by atoms with Crippen molar-refractivity contribution in [2.24, 2.45) is 12.5 Å². The van der Waals surface area contributed by atoms with E-state index < -0.39 is 5.41 Å². The number of carbonyl (C=O) groups excluding carboxylic acids is 2. The summed E-state index contributed by atoms with van der Waals surface area (Å²) >= 11 is 0. The third kappa shape index (κ3) is 2.69. The van der Waals surface area contributed by atoms with Crippen LogP contribution in [0.25, 0.3) is 0 Å². The molecule has 1 aromatic carbocycles. The summed E-state index contributed by atoms with van der Waals surface area (Å²) < 4.78 is 1.52. The first-order valence-electron chi connectivity index (χ1n) is 8.61. The number of piperidine rings is 1.